The molecule has 31 heteroatoms. The van der Waals surface area contributed by atoms with Gasteiger partial charge in [0.1, 0.15) is 67.1 Å². The summed E-state index contributed by atoms with van der Waals surface area (Å²) in [4.78, 5) is 14.2. The van der Waals surface area contributed by atoms with E-state index < -0.39 is 258 Å². The minimum Gasteiger partial charge on any atom is -0.462 e. The van der Waals surface area contributed by atoms with Crippen LogP contribution in [-0.4, -0.2) is 317 Å². The molecule has 634 valence electrons. The number of ether oxygens (including phenoxy) is 7. The summed E-state index contributed by atoms with van der Waals surface area (Å²) in [5.74, 6) is -6.38. The predicted molar refractivity (Wildman–Crippen MR) is 394 cm³/mol. The second kappa shape index (κ2) is 47.5. The molecule has 0 amide bonds. The highest BCUT2D eigenvalue weighted by Gasteiger charge is 2.53. The van der Waals surface area contributed by atoms with E-state index in [9.17, 15) is 112 Å². The number of carbonyl (C=O) groups excluding carboxylic acids is 1. The van der Waals surface area contributed by atoms with Gasteiger partial charge in [-0.3, -0.25) is 4.79 Å². The van der Waals surface area contributed by atoms with Crippen LogP contribution in [0.25, 0.3) is 0 Å². The van der Waals surface area contributed by atoms with Gasteiger partial charge in [0.05, 0.1) is 111 Å². The number of cyclic esters (lactones) is 1. The van der Waals surface area contributed by atoms with Gasteiger partial charge in [-0.05, 0) is 120 Å². The van der Waals surface area contributed by atoms with Crippen molar-refractivity contribution < 1.29 is 145 Å². The highest BCUT2D eigenvalue weighted by Crippen LogP contribution is 2.37. The fourth-order valence-corrected chi connectivity index (χ4v) is 15.2. The monoisotopic (exact) mass is 1560 g/mol. The van der Waals surface area contributed by atoms with Gasteiger partial charge in [0.15, 0.2) is 18.9 Å². The van der Waals surface area contributed by atoms with Gasteiger partial charge in [0, 0.05) is 48.3 Å². The largest absolute Gasteiger partial charge is 0.462 e. The van der Waals surface area contributed by atoms with Crippen LogP contribution in [0.2, 0.25) is 0 Å². The van der Waals surface area contributed by atoms with Crippen LogP contribution in [0, 0.1) is 53.3 Å². The first-order valence-electron chi connectivity index (χ1n) is 39.4. The van der Waals surface area contributed by atoms with E-state index in [0.717, 1.165) is 32.1 Å². The number of carbonyl (C=O) groups is 1. The fourth-order valence-electron chi connectivity index (χ4n) is 15.2. The maximum absolute atomic E-state index is 14.2. The number of hydrogen-bond acceptors (Lipinski definition) is 31. The summed E-state index contributed by atoms with van der Waals surface area (Å²) < 4.78 is 42.2. The van der Waals surface area contributed by atoms with Crippen molar-refractivity contribution >= 4 is 5.97 Å². The van der Waals surface area contributed by atoms with Crippen molar-refractivity contribution in [2.45, 2.75) is 369 Å². The molecule has 0 aliphatic carbocycles. The van der Waals surface area contributed by atoms with Gasteiger partial charge in [-0.2, -0.15) is 0 Å². The molecule has 4 heterocycles. The molecular formula is C77H142N2O29. The van der Waals surface area contributed by atoms with Gasteiger partial charge in [-0.1, -0.05) is 112 Å². The maximum atomic E-state index is 14.2. The second-order valence-corrected chi connectivity index (χ2v) is 32.5. The zero-order valence-electron chi connectivity index (χ0n) is 65.6. The third-order valence-corrected chi connectivity index (χ3v) is 23.2. The van der Waals surface area contributed by atoms with E-state index in [2.05, 4.69) is 6.92 Å². The lowest BCUT2D eigenvalue weighted by molar-refractivity contribution is -0.364. The molecule has 3 saturated heterocycles. The molecule has 0 unspecified atom stereocenters. The van der Waals surface area contributed by atoms with Crippen LogP contribution in [0.15, 0.2) is 35.5 Å². The first-order valence-corrected chi connectivity index (χ1v) is 39.4. The molecule has 0 aromatic carbocycles. The van der Waals surface area contributed by atoms with Gasteiger partial charge in [-0.15, -0.1) is 0 Å². The summed E-state index contributed by atoms with van der Waals surface area (Å²) in [5.41, 5.74) is 12.6. The van der Waals surface area contributed by atoms with E-state index in [1.54, 1.807) is 46.8 Å². The van der Waals surface area contributed by atoms with Crippen LogP contribution in [0.1, 0.15) is 186 Å². The Balaban J connectivity index is 1.70. The van der Waals surface area contributed by atoms with Gasteiger partial charge in [0.2, 0.25) is 0 Å². The average Bonchev–Trinajstić information content (AvgIpc) is 0.786. The lowest BCUT2D eigenvalue weighted by Gasteiger charge is -2.46. The molecule has 0 radical (unpaired) electrons. The van der Waals surface area contributed by atoms with Crippen molar-refractivity contribution in [1.29, 1.82) is 0 Å². The van der Waals surface area contributed by atoms with Crippen molar-refractivity contribution in [2.24, 2.45) is 64.7 Å². The number of allylic oxidation sites excluding steroid dienone is 1. The zero-order chi connectivity index (χ0) is 81.5. The Bertz CT molecular complexity index is 2600. The van der Waals surface area contributed by atoms with Crippen molar-refractivity contribution in [2.75, 3.05) is 19.8 Å². The summed E-state index contributed by atoms with van der Waals surface area (Å²) >= 11 is 0. The van der Waals surface area contributed by atoms with E-state index >= 15 is 0 Å². The van der Waals surface area contributed by atoms with Gasteiger partial charge >= 0.3 is 5.97 Å². The number of aliphatic hydroxyl groups excluding tert-OH is 21. The van der Waals surface area contributed by atoms with E-state index in [1.165, 1.54) is 33.8 Å². The zero-order valence-corrected chi connectivity index (χ0v) is 65.6. The summed E-state index contributed by atoms with van der Waals surface area (Å²) in [6, 6.07) is -1.19. The lowest BCUT2D eigenvalue weighted by Crippen LogP contribution is -2.65. The molecular weight excluding hydrogens is 1420 g/mol. The Labute approximate surface area is 638 Å². The quantitative estimate of drug-likeness (QED) is 0.0462. The number of rotatable bonds is 17. The van der Waals surface area contributed by atoms with Crippen LogP contribution in [0.3, 0.4) is 0 Å². The number of unbranched alkanes of at least 4 members (excludes halogenated alkanes) is 3. The van der Waals surface area contributed by atoms with Crippen LogP contribution in [-0.2, 0) is 38.0 Å². The summed E-state index contributed by atoms with van der Waals surface area (Å²) in [6.07, 6.45) is -33.8. The molecule has 0 aromatic heterocycles. The summed E-state index contributed by atoms with van der Waals surface area (Å²) in [7, 11) is 0. The summed E-state index contributed by atoms with van der Waals surface area (Å²) in [5, 5.41) is 236. The van der Waals surface area contributed by atoms with Gasteiger partial charge in [0.25, 0.3) is 0 Å². The van der Waals surface area contributed by atoms with E-state index in [0.29, 0.717) is 31.4 Å². The van der Waals surface area contributed by atoms with Crippen LogP contribution < -0.4 is 11.5 Å². The van der Waals surface area contributed by atoms with Crippen LogP contribution in [0.5, 0.6) is 0 Å². The highest BCUT2D eigenvalue weighted by atomic mass is 16.7. The number of aliphatic hydroxyl groups is 21. The SMILES string of the molecule is CC1=C[C@@H](O[C@@H]2O[C@H](CO)[C@@H](O)[C@H](O[C@H]3O[C@H](CO)[C@@H](O)[C@H](O)[C@@H]3O)[C@@H]2O)[C@H](O)[C@@H](C)[C@H](O)C[C@@H](O)C[C@H](O)[C@@H](C)[C@@H](O)C[C@@H](O)C[C@@H](O)[C@@H](C)[C@@H](O)C[C@H](O)C[C@H](O[C@@H]2O[C@H](C)[C@@H](O)[C@H](N)[C@@H]2O)[C@@H](C)[C@H]([C@H](C)C[C@@H](C)CCCCCCN)OC(=O)CC[C@@H](C)[C@@H](O)CCC=C[C@H](C)[C@@H](O)C(C)=C[C@H](C)[C@@H]1O. The number of esters is 1. The number of hydrogen-bond donors (Lipinski definition) is 23. The molecule has 31 nitrogen and oxygen atoms in total. The third-order valence-electron chi connectivity index (χ3n) is 23.2. The Hall–Kier alpha value is -2.47. The van der Waals surface area contributed by atoms with Crippen molar-refractivity contribution in [3.8, 4) is 0 Å². The van der Waals surface area contributed by atoms with Crippen molar-refractivity contribution in [3.05, 3.63) is 35.5 Å². The lowest BCUT2D eigenvalue weighted by atomic mass is 9.81. The fraction of sp³-hybridized carbons (Fsp3) is 0.909. The normalized spacial score (nSPS) is 45.0. The molecule has 0 bridgehead atoms. The molecule has 4 aliphatic heterocycles. The van der Waals surface area contributed by atoms with Crippen molar-refractivity contribution in [1.82, 2.24) is 0 Å². The smallest absolute Gasteiger partial charge is 0.306 e. The predicted octanol–water partition coefficient (Wildman–Crippen LogP) is -1.20. The molecule has 108 heavy (non-hydrogen) atoms. The molecule has 0 saturated carbocycles. The van der Waals surface area contributed by atoms with Crippen LogP contribution in [0.4, 0.5) is 0 Å². The van der Waals surface area contributed by atoms with Crippen molar-refractivity contribution in [3.63, 3.8) is 0 Å². The standard InChI is InChI=1S/C77H142N2O29/c1-36(19-15-13-14-18-24-78)25-42(7)73-46(11)57(103-75-69(98)62(79)66(95)47(12)102-75)33-50(84)32-55(89)44(9)53(87)29-48(82)28-52(86)43(8)54(88)30-49(83)31-56(90)45(10)65(94)58(104-77-72(101)74(68(97)60(35-81)106-77)108-76-71(100)70(99)67(96)59(34-80)105-76)27-41(6)64(93)40(5)26-39(4)63(92)38(3)20-16-17-21-51(85)37(2)22-23-61(91)107-73/h16,20,26-27,36-38,40,42-60,62-77,80-90,92-101H,13-15,17-19,21-25,28-35,78-79H2,1-12H3/t36-,37+,38-,40-,42+,43-,44+,45-,46+,47+,48+,49-,50-,51-,52-,53+,54-,55-,56+,57-,58+,59+,60+,62-,63+,64-,65+,66+,67+,68+,69-,70-,71-,72-,73-,74-,75-,76+,77+/m0/s1. The molecule has 3 fully saturated rings. The summed E-state index contributed by atoms with van der Waals surface area (Å²) in [6.45, 7) is 19.0. The minimum atomic E-state index is -2.09. The molecule has 4 rings (SSSR count). The van der Waals surface area contributed by atoms with Gasteiger partial charge < -0.3 is 152 Å². The molecule has 4 aliphatic rings. The third kappa shape index (κ3) is 29.4. The topological polar surface area (TPSA) is 559 Å². The Kier molecular flexibility index (Phi) is 43.1. The molecule has 0 aromatic rings. The first-order chi connectivity index (χ1) is 50.6. The first kappa shape index (κ1) is 97.9. The molecule has 39 atom stereocenters. The van der Waals surface area contributed by atoms with E-state index in [-0.39, 0.29) is 55.4 Å². The minimum absolute atomic E-state index is 0.0848. The average molecular weight is 1560 g/mol. The van der Waals surface area contributed by atoms with Crippen LogP contribution >= 0.6 is 0 Å². The highest BCUT2D eigenvalue weighted by molar-refractivity contribution is 5.69. The van der Waals surface area contributed by atoms with E-state index in [1.807, 2.05) is 19.9 Å². The molecule has 25 N–H and O–H groups in total. The van der Waals surface area contributed by atoms with Gasteiger partial charge in [-0.25, -0.2) is 0 Å². The second-order valence-electron chi connectivity index (χ2n) is 32.5. The Morgan fingerprint density at radius 1 is 0.500 bits per heavy atom. The molecule has 0 spiro atoms. The Morgan fingerprint density at radius 2 is 0.991 bits per heavy atom. The maximum Gasteiger partial charge on any atom is 0.306 e. The van der Waals surface area contributed by atoms with E-state index in [4.69, 9.17) is 44.6 Å². The number of nitrogens with two attached hydrogens (primary N) is 2. The Morgan fingerprint density at radius 3 is 1.54 bits per heavy atom.